The van der Waals surface area contributed by atoms with Gasteiger partial charge in [0, 0.05) is 10.1 Å². The second-order valence-electron chi connectivity index (χ2n) is 3.99. The minimum atomic E-state index is -0.400. The van der Waals surface area contributed by atoms with Crippen LogP contribution in [0.5, 0.6) is 0 Å². The third-order valence-electron chi connectivity index (χ3n) is 2.72. The Balaban J connectivity index is 2.32. The highest BCUT2D eigenvalue weighted by Crippen LogP contribution is 2.32. The molecule has 0 saturated carbocycles. The van der Waals surface area contributed by atoms with E-state index in [1.54, 1.807) is 0 Å². The average molecular weight is 318 g/mol. The van der Waals surface area contributed by atoms with Gasteiger partial charge in [0.1, 0.15) is 24.2 Å². The first-order valence-electron chi connectivity index (χ1n) is 5.82. The maximum absolute atomic E-state index is 13.3. The van der Waals surface area contributed by atoms with Crippen LogP contribution in [0, 0.1) is 17.1 Å². The van der Waals surface area contributed by atoms with E-state index in [4.69, 9.17) is 5.26 Å². The van der Waals surface area contributed by atoms with Gasteiger partial charge in [0.25, 0.3) is 0 Å². The molecule has 21 heavy (non-hydrogen) atoms. The molecule has 0 radical (unpaired) electrons. The molecule has 8 heteroatoms. The fraction of sp³-hybridized carbons (Fsp3) is 0.0769. The van der Waals surface area contributed by atoms with E-state index in [0.29, 0.717) is 20.0 Å². The number of hydrogen-bond donors (Lipinski definition) is 0. The van der Waals surface area contributed by atoms with E-state index in [-0.39, 0.29) is 11.2 Å². The Morgan fingerprint density at radius 3 is 3.05 bits per heavy atom. The van der Waals surface area contributed by atoms with E-state index in [1.165, 1.54) is 58.6 Å². The van der Waals surface area contributed by atoms with Gasteiger partial charge >= 0.3 is 0 Å². The van der Waals surface area contributed by atoms with Gasteiger partial charge in [-0.3, -0.25) is 4.79 Å². The summed E-state index contributed by atoms with van der Waals surface area (Å²) in [7, 11) is 0. The van der Waals surface area contributed by atoms with Crippen LogP contribution in [-0.4, -0.2) is 20.5 Å². The molecule has 0 spiro atoms. The molecule has 0 N–H and O–H groups in total. The summed E-state index contributed by atoms with van der Waals surface area (Å²) < 4.78 is 15.9. The fourth-order valence-corrected chi connectivity index (χ4v) is 3.98. The van der Waals surface area contributed by atoms with Gasteiger partial charge in [-0.2, -0.15) is 10.4 Å². The maximum Gasteiger partial charge on any atom is 0.214 e. The Bertz CT molecular complexity index is 899. The molecule has 1 aromatic carbocycles. The van der Waals surface area contributed by atoms with Gasteiger partial charge in [-0.05, 0) is 18.2 Å². The Kier molecular flexibility index (Phi) is 3.68. The highest BCUT2D eigenvalue weighted by molar-refractivity contribution is 8.01. The first-order chi connectivity index (χ1) is 10.2. The highest BCUT2D eigenvalue weighted by atomic mass is 32.2. The fourth-order valence-electron chi connectivity index (χ4n) is 1.85. The summed E-state index contributed by atoms with van der Waals surface area (Å²) in [6.07, 6.45) is 2.76. The third-order valence-corrected chi connectivity index (χ3v) is 4.98. The zero-order valence-electron chi connectivity index (χ0n) is 10.5. The van der Waals surface area contributed by atoms with Crippen molar-refractivity contribution in [3.63, 3.8) is 0 Å². The smallest absolute Gasteiger partial charge is 0.214 e. The minimum absolute atomic E-state index is 0.193. The second-order valence-corrected chi connectivity index (χ2v) is 6.29. The zero-order chi connectivity index (χ0) is 14.8. The summed E-state index contributed by atoms with van der Waals surface area (Å²) in [6.45, 7) is 0. The SMILES string of the molecule is N#CCSc1sc2cc(F)ccc2c(=O)c1-n1cncn1. The monoisotopic (exact) mass is 318 g/mol. The Labute approximate surface area is 126 Å². The molecule has 0 aliphatic heterocycles. The molecule has 3 rings (SSSR count). The van der Waals surface area contributed by atoms with Gasteiger partial charge in [-0.15, -0.1) is 11.3 Å². The van der Waals surface area contributed by atoms with Crippen LogP contribution >= 0.6 is 23.1 Å². The number of thioether (sulfide) groups is 1. The lowest BCUT2D eigenvalue weighted by Crippen LogP contribution is -2.13. The minimum Gasteiger partial charge on any atom is -0.287 e. The largest absolute Gasteiger partial charge is 0.287 e. The van der Waals surface area contributed by atoms with Crippen molar-refractivity contribution in [1.29, 1.82) is 5.26 Å². The van der Waals surface area contributed by atoms with Gasteiger partial charge in [-0.25, -0.2) is 14.1 Å². The van der Waals surface area contributed by atoms with Gasteiger partial charge in [0.15, 0.2) is 0 Å². The van der Waals surface area contributed by atoms with Crippen molar-refractivity contribution < 1.29 is 4.39 Å². The maximum atomic E-state index is 13.3. The van der Waals surface area contributed by atoms with Crippen molar-refractivity contribution in [2.45, 2.75) is 4.21 Å². The molecule has 0 aliphatic rings. The van der Waals surface area contributed by atoms with Gasteiger partial charge in [-0.1, -0.05) is 11.8 Å². The number of rotatable bonds is 3. The third kappa shape index (κ3) is 2.53. The molecule has 0 saturated heterocycles. The summed E-state index contributed by atoms with van der Waals surface area (Å²) >= 11 is 2.49. The second kappa shape index (κ2) is 5.63. The molecule has 0 unspecified atom stereocenters. The number of nitriles is 1. The van der Waals surface area contributed by atoms with Crippen molar-refractivity contribution in [2.24, 2.45) is 0 Å². The normalized spacial score (nSPS) is 10.7. The number of hydrogen-bond acceptors (Lipinski definition) is 6. The lowest BCUT2D eigenvalue weighted by molar-refractivity contribution is 0.630. The van der Waals surface area contributed by atoms with E-state index in [0.717, 1.165) is 0 Å². The molecule has 2 aromatic heterocycles. The van der Waals surface area contributed by atoms with Crippen molar-refractivity contribution >= 4 is 33.2 Å². The summed E-state index contributed by atoms with van der Waals surface area (Å²) in [6, 6.07) is 6.05. The van der Waals surface area contributed by atoms with Crippen LogP contribution < -0.4 is 5.43 Å². The standard InChI is InChI=1S/C13H7FN4OS2/c14-8-1-2-9-10(5-8)21-13(20-4-3-15)11(12(9)19)18-7-16-6-17-18/h1-2,5-7H,4H2. The molecular weight excluding hydrogens is 311 g/mol. The number of fused-ring (bicyclic) bond motifs is 1. The van der Waals surface area contributed by atoms with Crippen molar-refractivity contribution in [1.82, 2.24) is 14.8 Å². The summed E-state index contributed by atoms with van der Waals surface area (Å²) in [4.78, 5) is 16.5. The predicted octanol–water partition coefficient (Wildman–Crippen LogP) is 2.60. The molecule has 0 amide bonds. The summed E-state index contributed by atoms with van der Waals surface area (Å²) in [5, 5.41) is 13.1. The van der Waals surface area contributed by atoms with E-state index in [9.17, 15) is 9.18 Å². The first kappa shape index (κ1) is 13.7. The van der Waals surface area contributed by atoms with E-state index < -0.39 is 5.82 Å². The van der Waals surface area contributed by atoms with Crippen LogP contribution in [-0.2, 0) is 0 Å². The molecule has 0 aliphatic carbocycles. The molecule has 5 nitrogen and oxygen atoms in total. The molecule has 2 heterocycles. The quantitative estimate of drug-likeness (QED) is 0.694. The lowest BCUT2D eigenvalue weighted by atomic mass is 10.2. The van der Waals surface area contributed by atoms with Crippen LogP contribution in [0.3, 0.4) is 0 Å². The van der Waals surface area contributed by atoms with Crippen molar-refractivity contribution in [3.8, 4) is 11.8 Å². The Hall–Kier alpha value is -2.24. The molecule has 0 atom stereocenters. The molecule has 0 fully saturated rings. The number of benzene rings is 1. The number of halogens is 1. The summed E-state index contributed by atoms with van der Waals surface area (Å²) in [5.74, 6) is -0.207. The van der Waals surface area contributed by atoms with E-state index in [1.807, 2.05) is 6.07 Å². The van der Waals surface area contributed by atoms with Crippen molar-refractivity contribution in [2.75, 3.05) is 5.75 Å². The van der Waals surface area contributed by atoms with Crippen LogP contribution in [0.25, 0.3) is 15.8 Å². The number of nitrogens with zero attached hydrogens (tertiary/aromatic N) is 4. The summed E-state index contributed by atoms with van der Waals surface area (Å²) in [5.41, 5.74) is 0.0894. The molecular formula is C13H7FN4OS2. The zero-order valence-corrected chi connectivity index (χ0v) is 12.1. The average Bonchev–Trinajstić information content (AvgIpc) is 2.98. The van der Waals surface area contributed by atoms with Crippen LogP contribution in [0.2, 0.25) is 0 Å². The Morgan fingerprint density at radius 1 is 1.48 bits per heavy atom. The van der Waals surface area contributed by atoms with Crippen LogP contribution in [0.1, 0.15) is 0 Å². The van der Waals surface area contributed by atoms with E-state index in [2.05, 4.69) is 10.1 Å². The van der Waals surface area contributed by atoms with E-state index >= 15 is 0 Å². The highest BCUT2D eigenvalue weighted by Gasteiger charge is 2.16. The Morgan fingerprint density at radius 2 is 2.33 bits per heavy atom. The van der Waals surface area contributed by atoms with Crippen LogP contribution in [0.15, 0.2) is 39.9 Å². The first-order valence-corrected chi connectivity index (χ1v) is 7.62. The topological polar surface area (TPSA) is 71.6 Å². The molecule has 0 bridgehead atoms. The van der Waals surface area contributed by atoms with Gasteiger partial charge < -0.3 is 0 Å². The van der Waals surface area contributed by atoms with Gasteiger partial charge in [0.2, 0.25) is 5.43 Å². The van der Waals surface area contributed by atoms with Crippen LogP contribution in [0.4, 0.5) is 4.39 Å². The lowest BCUT2D eigenvalue weighted by Gasteiger charge is -2.08. The predicted molar refractivity (Wildman–Crippen MR) is 79.3 cm³/mol. The molecule has 104 valence electrons. The molecule has 3 aromatic rings. The number of aromatic nitrogens is 3. The van der Waals surface area contributed by atoms with Crippen molar-refractivity contribution in [3.05, 3.63) is 46.9 Å². The van der Waals surface area contributed by atoms with Gasteiger partial charge in [0.05, 0.1) is 16.0 Å².